The van der Waals surface area contributed by atoms with Crippen molar-refractivity contribution in [2.45, 2.75) is 12.5 Å². The molecule has 0 amide bonds. The molecule has 2 aromatic carbocycles. The molecule has 0 heterocycles. The largest absolute Gasteiger partial charge is 0.494 e. The molecule has 0 N–H and O–H groups in total. The van der Waals surface area contributed by atoms with Gasteiger partial charge in [0, 0.05) is 23.6 Å². The molecular weight excluding hydrogens is 348 g/mol. The number of aldehydes is 1. The van der Waals surface area contributed by atoms with Gasteiger partial charge in [-0.1, -0.05) is 23.7 Å². The molecule has 2 rings (SSSR count). The van der Waals surface area contributed by atoms with Gasteiger partial charge in [0.2, 0.25) is 0 Å². The molecule has 1 radical (unpaired) electrons. The van der Waals surface area contributed by atoms with Crippen molar-refractivity contribution < 1.29 is 18.3 Å². The highest BCUT2D eigenvalue weighted by Gasteiger charge is 2.24. The van der Waals surface area contributed by atoms with E-state index in [2.05, 4.69) is 6.92 Å². The van der Waals surface area contributed by atoms with Crippen molar-refractivity contribution in [1.29, 1.82) is 0 Å². The van der Waals surface area contributed by atoms with E-state index in [1.807, 2.05) is 0 Å². The van der Waals surface area contributed by atoms with Crippen LogP contribution in [0.1, 0.15) is 33.1 Å². The zero-order valence-corrected chi connectivity index (χ0v) is 15.0. The third-order valence-electron chi connectivity index (χ3n) is 4.10. The second kappa shape index (κ2) is 7.93. The lowest BCUT2D eigenvalue weighted by atomic mass is 9.92. The molecule has 0 bridgehead atoms. The summed E-state index contributed by atoms with van der Waals surface area (Å²) in [6.45, 7) is 3.91. The fourth-order valence-corrected chi connectivity index (χ4v) is 2.83. The van der Waals surface area contributed by atoms with Crippen LogP contribution in [-0.2, 0) is 6.42 Å². The Hall–Kier alpha value is -1.98. The number of halogens is 3. The van der Waals surface area contributed by atoms with Crippen LogP contribution in [0.5, 0.6) is 5.75 Å². The summed E-state index contributed by atoms with van der Waals surface area (Å²) >= 11 is 5.81. The van der Waals surface area contributed by atoms with Gasteiger partial charge in [0.1, 0.15) is 5.82 Å². The molecule has 0 aromatic heterocycles. The van der Waals surface area contributed by atoms with E-state index in [-0.39, 0.29) is 28.3 Å². The number of carbonyl (C=O) groups excluding carboxylic acids is 1. The molecular formula is C19H19ClF2NO2. The Balaban J connectivity index is 2.66. The third kappa shape index (κ3) is 3.83. The summed E-state index contributed by atoms with van der Waals surface area (Å²) in [7, 11) is 4.78. The van der Waals surface area contributed by atoms with Crippen LogP contribution < -0.4 is 4.74 Å². The van der Waals surface area contributed by atoms with Crippen molar-refractivity contribution in [1.82, 2.24) is 4.90 Å². The summed E-state index contributed by atoms with van der Waals surface area (Å²) in [5.41, 5.74) is 1.02. The average molecular weight is 367 g/mol. The standard InChI is InChI=1S/C19H19ClF2NO2/c1-11(23(2)3)17-14(10-24)13(9-16(25-4)19(17)22)8-12-6-5-7-15(20)18(12)21/h5-7,9-11H,1,8H2,2-4H3. The second-order valence-electron chi connectivity index (χ2n) is 5.87. The lowest BCUT2D eigenvalue weighted by Crippen LogP contribution is -2.21. The monoisotopic (exact) mass is 366 g/mol. The number of carbonyl (C=O) groups is 1. The minimum Gasteiger partial charge on any atom is -0.494 e. The maximum Gasteiger partial charge on any atom is 0.170 e. The highest BCUT2D eigenvalue weighted by Crippen LogP contribution is 2.34. The Labute approximate surface area is 151 Å². The number of hydrogen-bond acceptors (Lipinski definition) is 3. The Kier molecular flexibility index (Phi) is 6.14. The van der Waals surface area contributed by atoms with E-state index in [9.17, 15) is 13.6 Å². The van der Waals surface area contributed by atoms with Gasteiger partial charge in [0.05, 0.1) is 12.1 Å². The van der Waals surface area contributed by atoms with Crippen molar-refractivity contribution in [2.75, 3.05) is 21.2 Å². The Morgan fingerprint density at radius 2 is 1.96 bits per heavy atom. The maximum atomic E-state index is 14.7. The Morgan fingerprint density at radius 1 is 1.28 bits per heavy atom. The molecule has 3 nitrogen and oxygen atoms in total. The molecule has 0 saturated carbocycles. The Bertz CT molecular complexity index is 793. The topological polar surface area (TPSA) is 29.5 Å². The third-order valence-corrected chi connectivity index (χ3v) is 4.39. The van der Waals surface area contributed by atoms with E-state index in [1.54, 1.807) is 31.1 Å². The predicted octanol–water partition coefficient (Wildman–Crippen LogP) is 4.47. The zero-order valence-electron chi connectivity index (χ0n) is 14.3. The Morgan fingerprint density at radius 3 is 2.52 bits per heavy atom. The predicted molar refractivity (Wildman–Crippen MR) is 94.3 cm³/mol. The molecule has 0 aliphatic heterocycles. The minimum atomic E-state index is -0.645. The summed E-state index contributed by atoms with van der Waals surface area (Å²) in [5, 5.41) is -0.0113. The summed E-state index contributed by atoms with van der Waals surface area (Å²) in [5.74, 6) is -1.23. The fraction of sp³-hybridized carbons (Fsp3) is 0.263. The molecule has 0 saturated heterocycles. The summed E-state index contributed by atoms with van der Waals surface area (Å²) in [4.78, 5) is 13.4. The van der Waals surface area contributed by atoms with E-state index in [4.69, 9.17) is 16.3 Å². The van der Waals surface area contributed by atoms with Gasteiger partial charge in [-0.05, 0) is 44.3 Å². The van der Waals surface area contributed by atoms with Crippen molar-refractivity contribution in [3.63, 3.8) is 0 Å². The summed E-state index contributed by atoms with van der Waals surface area (Å²) < 4.78 is 34.1. The SMILES string of the molecule is [CH2]C(c1c(F)c(OC)cc(Cc2cccc(Cl)c2F)c1C=O)N(C)C. The summed E-state index contributed by atoms with van der Waals surface area (Å²) in [6.07, 6.45) is 0.640. The van der Waals surface area contributed by atoms with Crippen molar-refractivity contribution in [3.8, 4) is 5.75 Å². The first-order chi connectivity index (χ1) is 11.8. The number of rotatable bonds is 6. The lowest BCUT2D eigenvalue weighted by Gasteiger charge is -2.24. The first-order valence-electron chi connectivity index (χ1n) is 7.58. The van der Waals surface area contributed by atoms with E-state index >= 15 is 0 Å². The molecule has 25 heavy (non-hydrogen) atoms. The van der Waals surface area contributed by atoms with Gasteiger partial charge in [-0.25, -0.2) is 8.78 Å². The normalized spacial score (nSPS) is 12.3. The molecule has 1 unspecified atom stereocenters. The molecule has 0 spiro atoms. The van der Waals surface area contributed by atoms with Crippen LogP contribution in [0.2, 0.25) is 5.02 Å². The molecule has 2 aromatic rings. The lowest BCUT2D eigenvalue weighted by molar-refractivity contribution is 0.111. The molecule has 0 fully saturated rings. The van der Waals surface area contributed by atoms with Crippen molar-refractivity contribution in [3.05, 3.63) is 70.1 Å². The molecule has 133 valence electrons. The minimum absolute atomic E-state index is 0.0113. The molecule has 6 heteroatoms. The van der Waals surface area contributed by atoms with Gasteiger partial charge in [0.25, 0.3) is 0 Å². The zero-order chi connectivity index (χ0) is 18.7. The highest BCUT2D eigenvalue weighted by atomic mass is 35.5. The quantitative estimate of drug-likeness (QED) is 0.706. The second-order valence-corrected chi connectivity index (χ2v) is 6.27. The highest BCUT2D eigenvalue weighted by molar-refractivity contribution is 6.30. The van der Waals surface area contributed by atoms with Gasteiger partial charge < -0.3 is 9.64 Å². The van der Waals surface area contributed by atoms with Crippen LogP contribution in [-0.4, -0.2) is 32.4 Å². The van der Waals surface area contributed by atoms with Gasteiger partial charge in [0.15, 0.2) is 17.9 Å². The number of benzene rings is 2. The number of methoxy groups -OCH3 is 1. The van der Waals surface area contributed by atoms with E-state index < -0.39 is 17.7 Å². The van der Waals surface area contributed by atoms with Crippen molar-refractivity contribution >= 4 is 17.9 Å². The average Bonchev–Trinajstić information content (AvgIpc) is 2.58. The van der Waals surface area contributed by atoms with E-state index in [0.29, 0.717) is 17.4 Å². The van der Waals surface area contributed by atoms with E-state index in [0.717, 1.165) is 0 Å². The smallest absolute Gasteiger partial charge is 0.170 e. The first-order valence-corrected chi connectivity index (χ1v) is 7.96. The first kappa shape index (κ1) is 19.3. The molecule has 0 aliphatic rings. The number of nitrogens with zero attached hydrogens (tertiary/aromatic N) is 1. The van der Waals surface area contributed by atoms with Gasteiger partial charge >= 0.3 is 0 Å². The maximum absolute atomic E-state index is 14.7. The van der Waals surface area contributed by atoms with Gasteiger partial charge in [-0.15, -0.1) is 0 Å². The van der Waals surface area contributed by atoms with Crippen LogP contribution in [0.15, 0.2) is 24.3 Å². The molecule has 0 aliphatic carbocycles. The summed E-state index contributed by atoms with van der Waals surface area (Å²) in [6, 6.07) is 5.42. The van der Waals surface area contributed by atoms with Crippen LogP contribution in [0.25, 0.3) is 0 Å². The van der Waals surface area contributed by atoms with Crippen LogP contribution in [0.3, 0.4) is 0 Å². The number of ether oxygens (including phenoxy) is 1. The van der Waals surface area contributed by atoms with Crippen LogP contribution in [0.4, 0.5) is 8.78 Å². The van der Waals surface area contributed by atoms with Crippen LogP contribution >= 0.6 is 11.6 Å². The molecule has 1 atom stereocenters. The van der Waals surface area contributed by atoms with Crippen molar-refractivity contribution in [2.24, 2.45) is 0 Å². The van der Waals surface area contributed by atoms with E-state index in [1.165, 1.54) is 19.2 Å². The van der Waals surface area contributed by atoms with Gasteiger partial charge in [-0.2, -0.15) is 0 Å². The number of hydrogen-bond donors (Lipinski definition) is 0. The fourth-order valence-electron chi connectivity index (χ4n) is 2.63. The van der Waals surface area contributed by atoms with Crippen LogP contribution in [0, 0.1) is 18.6 Å². The van der Waals surface area contributed by atoms with Gasteiger partial charge in [-0.3, -0.25) is 4.79 Å².